The topological polar surface area (TPSA) is 115 Å². The van der Waals surface area contributed by atoms with Crippen LogP contribution in [0.25, 0.3) is 5.57 Å². The minimum absolute atomic E-state index is 0.121. The highest BCUT2D eigenvalue weighted by molar-refractivity contribution is 9.10. The number of hydrogen-bond donors (Lipinski definition) is 2. The molecule has 184 valence electrons. The number of carboxylic acids is 2. The number of thioether (sulfide) groups is 1. The van der Waals surface area contributed by atoms with Gasteiger partial charge in [-0.2, -0.15) is 0 Å². The second-order valence-electron chi connectivity index (χ2n) is 7.72. The van der Waals surface area contributed by atoms with E-state index in [1.165, 1.54) is 16.7 Å². The zero-order valence-corrected chi connectivity index (χ0v) is 22.2. The summed E-state index contributed by atoms with van der Waals surface area (Å²) >= 11 is 10.1. The first-order chi connectivity index (χ1) is 16.1. The van der Waals surface area contributed by atoms with Crippen LogP contribution in [0.15, 0.2) is 27.6 Å². The van der Waals surface area contributed by atoms with Crippen LogP contribution in [-0.2, 0) is 19.2 Å². The third-order valence-electron chi connectivity index (χ3n) is 5.06. The molecule has 0 bridgehead atoms. The summed E-state index contributed by atoms with van der Waals surface area (Å²) in [5.41, 5.74) is 2.01. The average Bonchev–Trinajstić information content (AvgIpc) is 3.17. The number of carboxylic acid groups (broad SMARTS) is 2. The molecule has 1 aromatic carbocycles. The maximum atomic E-state index is 13.3. The predicted molar refractivity (Wildman–Crippen MR) is 140 cm³/mol. The molecule has 34 heavy (non-hydrogen) atoms. The first-order valence-electron chi connectivity index (χ1n) is 10.9. The predicted octanol–water partition coefficient (Wildman–Crippen LogP) is 4.90. The van der Waals surface area contributed by atoms with E-state index in [1.807, 2.05) is 18.2 Å². The zero-order valence-electron chi connectivity index (χ0n) is 19.0. The number of nitrogens with zero attached hydrogens (tertiary/aromatic N) is 2. The molecule has 2 N–H and O–H groups in total. The van der Waals surface area contributed by atoms with E-state index in [9.17, 15) is 14.4 Å². The highest BCUT2D eigenvalue weighted by atomic mass is 79.9. The van der Waals surface area contributed by atoms with Crippen molar-refractivity contribution in [2.75, 3.05) is 18.0 Å². The van der Waals surface area contributed by atoms with Gasteiger partial charge in [-0.3, -0.25) is 24.1 Å². The molecule has 0 aromatic heterocycles. The standard InChI is InChI=1S/C21H23BrN2O4S2.C2H4O2/c1-2-3-10-23-15-9-8-13(22)12-14(15)17(19(23)27)18-20(28)24(21(29)30-18)11-6-4-5-7-16(25)26;1-2(3)4/h8-9,12H,2-7,10-11H2,1H3,(H,25,26);1H3,(H,3,4). The van der Waals surface area contributed by atoms with Gasteiger partial charge in [-0.25, -0.2) is 0 Å². The molecule has 11 heteroatoms. The summed E-state index contributed by atoms with van der Waals surface area (Å²) in [6.45, 7) is 4.20. The lowest BCUT2D eigenvalue weighted by atomic mass is 10.1. The van der Waals surface area contributed by atoms with Gasteiger partial charge in [0.05, 0.1) is 16.2 Å². The molecule has 2 aliphatic heterocycles. The Morgan fingerprint density at radius 2 is 1.68 bits per heavy atom. The summed E-state index contributed by atoms with van der Waals surface area (Å²) in [5.74, 6) is -2.05. The van der Waals surface area contributed by atoms with Gasteiger partial charge in [0.2, 0.25) is 0 Å². The Bertz CT molecular complexity index is 1020. The Labute approximate surface area is 216 Å². The van der Waals surface area contributed by atoms with Crippen LogP contribution in [0.4, 0.5) is 5.69 Å². The number of thiocarbonyl (C=S) groups is 1. The molecule has 1 aromatic rings. The third-order valence-corrected chi connectivity index (χ3v) is 7.00. The number of unbranched alkanes of at least 4 members (excludes halogenated alkanes) is 3. The van der Waals surface area contributed by atoms with Crippen LogP contribution in [0.5, 0.6) is 0 Å². The van der Waals surface area contributed by atoms with Gasteiger partial charge in [0, 0.05) is 36.5 Å². The van der Waals surface area contributed by atoms with Crippen molar-refractivity contribution in [2.45, 2.75) is 52.4 Å². The Morgan fingerprint density at radius 1 is 1.03 bits per heavy atom. The molecular weight excluding hydrogens is 544 g/mol. The Morgan fingerprint density at radius 3 is 2.29 bits per heavy atom. The third kappa shape index (κ3) is 7.13. The first kappa shape index (κ1) is 28.0. The van der Waals surface area contributed by atoms with Crippen molar-refractivity contribution in [3.63, 3.8) is 0 Å². The number of carbonyl (C=O) groups excluding carboxylic acids is 2. The van der Waals surface area contributed by atoms with E-state index >= 15 is 0 Å². The van der Waals surface area contributed by atoms with Crippen molar-refractivity contribution >= 4 is 79.2 Å². The maximum Gasteiger partial charge on any atom is 0.303 e. The van der Waals surface area contributed by atoms with E-state index in [2.05, 4.69) is 22.9 Å². The summed E-state index contributed by atoms with van der Waals surface area (Å²) in [5, 5.41) is 16.1. The minimum Gasteiger partial charge on any atom is -0.481 e. The molecule has 2 aliphatic rings. The molecule has 2 heterocycles. The fourth-order valence-electron chi connectivity index (χ4n) is 3.53. The van der Waals surface area contributed by atoms with Crippen LogP contribution in [-0.4, -0.2) is 56.3 Å². The molecular formula is C23H27BrN2O6S2. The normalized spacial score (nSPS) is 17.1. The molecule has 8 nitrogen and oxygen atoms in total. The van der Waals surface area contributed by atoms with Gasteiger partial charge in [-0.05, 0) is 37.5 Å². The number of rotatable bonds is 9. The fourth-order valence-corrected chi connectivity index (χ4v) is 5.27. The lowest BCUT2D eigenvalue weighted by Crippen LogP contribution is -2.30. The van der Waals surface area contributed by atoms with E-state index in [4.69, 9.17) is 27.2 Å². The molecule has 0 atom stereocenters. The molecule has 0 unspecified atom stereocenters. The van der Waals surface area contributed by atoms with Crippen LogP contribution >= 0.6 is 39.9 Å². The average molecular weight is 572 g/mol. The summed E-state index contributed by atoms with van der Waals surface area (Å²) in [7, 11) is 0. The SMILES string of the molecule is CC(=O)O.CCCCN1C(=O)C(=C2SC(=S)N(CCCCCC(=O)O)C2=O)c2cc(Br)ccc21. The molecule has 1 saturated heterocycles. The highest BCUT2D eigenvalue weighted by Gasteiger charge is 2.41. The quantitative estimate of drug-likeness (QED) is 0.244. The minimum atomic E-state index is -0.833. The van der Waals surface area contributed by atoms with Gasteiger partial charge in [-0.1, -0.05) is 59.7 Å². The van der Waals surface area contributed by atoms with Crippen LogP contribution in [0.3, 0.4) is 0 Å². The van der Waals surface area contributed by atoms with E-state index < -0.39 is 11.9 Å². The lowest BCUT2D eigenvalue weighted by molar-refractivity contribution is -0.137. The number of fused-ring (bicyclic) bond motifs is 1. The zero-order chi connectivity index (χ0) is 25.4. The van der Waals surface area contributed by atoms with E-state index in [-0.39, 0.29) is 18.2 Å². The summed E-state index contributed by atoms with van der Waals surface area (Å²) in [6, 6.07) is 5.69. The lowest BCUT2D eigenvalue weighted by Gasteiger charge is -2.16. The van der Waals surface area contributed by atoms with Crippen LogP contribution in [0.2, 0.25) is 0 Å². The molecule has 0 radical (unpaired) electrons. The van der Waals surface area contributed by atoms with E-state index in [0.717, 1.165) is 35.5 Å². The van der Waals surface area contributed by atoms with Crippen molar-refractivity contribution in [3.05, 3.63) is 33.1 Å². The Hall–Kier alpha value is -2.24. The van der Waals surface area contributed by atoms with Gasteiger partial charge in [0.15, 0.2) is 0 Å². The fraction of sp³-hybridized carbons (Fsp3) is 0.435. The highest BCUT2D eigenvalue weighted by Crippen LogP contribution is 2.45. The monoisotopic (exact) mass is 570 g/mol. The van der Waals surface area contributed by atoms with Gasteiger partial charge in [-0.15, -0.1) is 0 Å². The maximum absolute atomic E-state index is 13.3. The number of hydrogen-bond acceptors (Lipinski definition) is 6. The van der Waals surface area contributed by atoms with Gasteiger partial charge in [0.1, 0.15) is 4.32 Å². The van der Waals surface area contributed by atoms with Crippen LogP contribution in [0, 0.1) is 0 Å². The summed E-state index contributed by atoms with van der Waals surface area (Å²) < 4.78 is 1.29. The number of carbonyl (C=O) groups is 4. The molecule has 3 rings (SSSR count). The van der Waals surface area contributed by atoms with Crippen LogP contribution < -0.4 is 4.90 Å². The molecule has 0 aliphatic carbocycles. The Kier molecular flexibility index (Phi) is 10.7. The van der Waals surface area contributed by atoms with Crippen molar-refractivity contribution in [2.24, 2.45) is 0 Å². The number of aliphatic carboxylic acids is 2. The largest absolute Gasteiger partial charge is 0.481 e. The van der Waals surface area contributed by atoms with Gasteiger partial charge < -0.3 is 15.1 Å². The number of amides is 2. The van der Waals surface area contributed by atoms with Crippen LogP contribution in [0.1, 0.15) is 57.9 Å². The van der Waals surface area contributed by atoms with E-state index in [1.54, 1.807) is 4.90 Å². The molecule has 0 spiro atoms. The first-order valence-corrected chi connectivity index (χ1v) is 12.9. The summed E-state index contributed by atoms with van der Waals surface area (Å²) in [6.07, 6.45) is 3.91. The number of anilines is 1. The second-order valence-corrected chi connectivity index (χ2v) is 10.3. The molecule has 1 fully saturated rings. The van der Waals surface area contributed by atoms with Crippen molar-refractivity contribution in [1.82, 2.24) is 4.90 Å². The van der Waals surface area contributed by atoms with Crippen molar-refractivity contribution in [1.29, 1.82) is 0 Å². The van der Waals surface area contributed by atoms with Gasteiger partial charge in [0.25, 0.3) is 17.8 Å². The Balaban J connectivity index is 0.000000945. The smallest absolute Gasteiger partial charge is 0.303 e. The number of benzene rings is 1. The van der Waals surface area contributed by atoms with Crippen molar-refractivity contribution in [3.8, 4) is 0 Å². The number of halogens is 1. The van der Waals surface area contributed by atoms with Crippen molar-refractivity contribution < 1.29 is 29.4 Å². The molecule has 2 amide bonds. The second kappa shape index (κ2) is 13.0. The molecule has 0 saturated carbocycles. The van der Waals surface area contributed by atoms with E-state index in [0.29, 0.717) is 47.2 Å². The van der Waals surface area contributed by atoms with Gasteiger partial charge >= 0.3 is 5.97 Å². The summed E-state index contributed by atoms with van der Waals surface area (Å²) in [4.78, 5) is 49.7.